The van der Waals surface area contributed by atoms with Gasteiger partial charge in [-0.3, -0.25) is 0 Å². The van der Waals surface area contributed by atoms with Crippen LogP contribution >= 0.6 is 0 Å². The first-order valence-corrected chi connectivity index (χ1v) is 3.99. The third kappa shape index (κ3) is 3.20. The summed E-state index contributed by atoms with van der Waals surface area (Å²) in [7, 11) is 0. The topological polar surface area (TPSA) is 97.3 Å². The van der Waals surface area contributed by atoms with E-state index in [0.717, 1.165) is 32.5 Å². The second kappa shape index (κ2) is 6.18. The van der Waals surface area contributed by atoms with Crippen LogP contribution in [-0.4, -0.2) is 11.9 Å². The van der Waals surface area contributed by atoms with Crippen molar-refractivity contribution in [2.24, 2.45) is 0 Å². The maximum atomic E-state index is 10.3. The number of hydrogen-bond donors (Lipinski definition) is 0. The molecule has 0 bridgehead atoms. The molecule has 0 amide bonds. The molecule has 0 fully saturated rings. The van der Waals surface area contributed by atoms with E-state index in [-0.39, 0.29) is 11.1 Å². The first-order valence-electron chi connectivity index (χ1n) is 3.35. The summed E-state index contributed by atoms with van der Waals surface area (Å²) < 4.78 is 8.25. The molecule has 1 aromatic rings. The predicted molar refractivity (Wildman–Crippen MR) is 35.8 cm³/mol. The Morgan fingerprint density at radius 3 is 1.43 bits per heavy atom. The van der Waals surface area contributed by atoms with Crippen molar-refractivity contribution in [1.29, 1.82) is 0 Å². The van der Waals surface area contributed by atoms with Gasteiger partial charge in [0.1, 0.15) is 0 Å². The van der Waals surface area contributed by atoms with Crippen LogP contribution < -0.4 is 10.2 Å². The number of rotatable bonds is 2. The Morgan fingerprint density at radius 1 is 0.929 bits per heavy atom. The summed E-state index contributed by atoms with van der Waals surface area (Å²) >= 11 is 0.750. The number of benzene rings is 1. The van der Waals surface area contributed by atoms with E-state index in [4.69, 9.17) is 3.32 Å². The summed E-state index contributed by atoms with van der Waals surface area (Å²) in [5.41, 5.74) is -0.727. The van der Waals surface area contributed by atoms with Crippen molar-refractivity contribution < 1.29 is 43.5 Å². The van der Waals surface area contributed by atoms with Crippen molar-refractivity contribution in [2.45, 2.75) is 0 Å². The first-order chi connectivity index (χ1) is 6.63. The number of carboxylic acids is 2. The standard InChI is InChI=1S/C8H6O4.O.Ti/c9-7(10)5-3-1-2-4-6(5)8(11)12;;/h1-4H,(H,9,10)(H,11,12);;/q;;+2/p-2. The molecular formula is C8H4O5Ti. The van der Waals surface area contributed by atoms with Gasteiger partial charge in [-0.25, -0.2) is 0 Å². The SMILES string of the molecule is O=C([O-])c1ccccc1C(=O)[O-].[O]=[Ti+2]. The fourth-order valence-corrected chi connectivity index (χ4v) is 0.839. The van der Waals surface area contributed by atoms with Gasteiger partial charge in [-0.15, -0.1) is 0 Å². The monoisotopic (exact) mass is 228 g/mol. The molecule has 0 saturated heterocycles. The molecule has 0 saturated carbocycles. The van der Waals surface area contributed by atoms with Gasteiger partial charge in [0, 0.05) is 11.1 Å². The predicted octanol–water partition coefficient (Wildman–Crippen LogP) is -1.71. The van der Waals surface area contributed by atoms with Crippen LogP contribution in [0.2, 0.25) is 0 Å². The number of carbonyl (C=O) groups excluding carboxylic acids is 2. The molecule has 0 aliphatic carbocycles. The minimum absolute atomic E-state index is 0.363. The van der Waals surface area contributed by atoms with Gasteiger partial charge >= 0.3 is 23.7 Å². The molecule has 0 atom stereocenters. The van der Waals surface area contributed by atoms with Crippen molar-refractivity contribution in [3.05, 3.63) is 35.4 Å². The summed E-state index contributed by atoms with van der Waals surface area (Å²) in [4.78, 5) is 20.6. The fourth-order valence-electron chi connectivity index (χ4n) is 0.839. The number of hydrogen-bond acceptors (Lipinski definition) is 5. The zero-order chi connectivity index (χ0) is 11.1. The maximum absolute atomic E-state index is 10.3. The molecule has 5 nitrogen and oxygen atoms in total. The van der Waals surface area contributed by atoms with E-state index in [9.17, 15) is 19.8 Å². The van der Waals surface area contributed by atoms with E-state index >= 15 is 0 Å². The number of aromatic carboxylic acids is 2. The van der Waals surface area contributed by atoms with Gasteiger partial charge in [0.15, 0.2) is 0 Å². The third-order valence-electron chi connectivity index (χ3n) is 1.37. The van der Waals surface area contributed by atoms with Crippen LogP contribution in [0.15, 0.2) is 24.3 Å². The van der Waals surface area contributed by atoms with E-state index in [1.54, 1.807) is 0 Å². The molecule has 0 unspecified atom stereocenters. The van der Waals surface area contributed by atoms with Gasteiger partial charge in [-0.05, 0) is 0 Å². The van der Waals surface area contributed by atoms with Crippen LogP contribution in [0.1, 0.15) is 20.7 Å². The Kier molecular flexibility index (Phi) is 5.59. The van der Waals surface area contributed by atoms with Crippen LogP contribution in [0.5, 0.6) is 0 Å². The second-order valence-electron chi connectivity index (χ2n) is 2.12. The average molecular weight is 228 g/mol. The molecule has 14 heavy (non-hydrogen) atoms. The first kappa shape index (κ1) is 12.7. The summed E-state index contributed by atoms with van der Waals surface area (Å²) in [5.74, 6) is -3.04. The minimum atomic E-state index is -1.52. The molecule has 0 heterocycles. The molecule has 6 heteroatoms. The molecule has 0 N–H and O–H groups in total. The molecule has 1 aromatic carbocycles. The zero-order valence-corrected chi connectivity index (χ0v) is 8.41. The summed E-state index contributed by atoms with van der Waals surface area (Å²) in [6.07, 6.45) is 0. The normalized spacial score (nSPS) is 8.43. The summed E-state index contributed by atoms with van der Waals surface area (Å²) in [6, 6.07) is 5.14. The number of carboxylic acid groups (broad SMARTS) is 2. The molecular weight excluding hydrogens is 224 g/mol. The second-order valence-corrected chi connectivity index (χ2v) is 2.12. The average Bonchev–Trinajstić information content (AvgIpc) is 2.20. The Hall–Kier alpha value is -1.33. The quantitative estimate of drug-likeness (QED) is 0.561. The van der Waals surface area contributed by atoms with Crippen molar-refractivity contribution in [3.8, 4) is 0 Å². The Balaban J connectivity index is 0.000000791. The molecule has 70 valence electrons. The third-order valence-corrected chi connectivity index (χ3v) is 1.37. The number of carbonyl (C=O) groups is 2. The molecule has 0 radical (unpaired) electrons. The molecule has 0 aliphatic heterocycles. The molecule has 0 aliphatic rings. The van der Waals surface area contributed by atoms with Crippen molar-refractivity contribution in [1.82, 2.24) is 0 Å². The Morgan fingerprint density at radius 2 is 1.21 bits per heavy atom. The van der Waals surface area contributed by atoms with Gasteiger partial charge < -0.3 is 19.8 Å². The van der Waals surface area contributed by atoms with Crippen LogP contribution in [0.4, 0.5) is 0 Å². The van der Waals surface area contributed by atoms with E-state index in [0.29, 0.717) is 0 Å². The van der Waals surface area contributed by atoms with Crippen LogP contribution in [-0.2, 0) is 23.7 Å². The van der Waals surface area contributed by atoms with E-state index in [1.165, 1.54) is 12.1 Å². The van der Waals surface area contributed by atoms with Gasteiger partial charge in [-0.2, -0.15) is 0 Å². The summed E-state index contributed by atoms with van der Waals surface area (Å²) in [5, 5.41) is 20.6. The van der Waals surface area contributed by atoms with Crippen LogP contribution in [0.25, 0.3) is 0 Å². The molecule has 0 spiro atoms. The van der Waals surface area contributed by atoms with Crippen molar-refractivity contribution in [2.75, 3.05) is 0 Å². The molecule has 0 aromatic heterocycles. The van der Waals surface area contributed by atoms with Gasteiger partial charge in [0.05, 0.1) is 11.9 Å². The zero-order valence-electron chi connectivity index (χ0n) is 6.85. The van der Waals surface area contributed by atoms with E-state index in [1.807, 2.05) is 0 Å². The Bertz CT molecular complexity index is 316. The molecule has 1 rings (SSSR count). The van der Waals surface area contributed by atoms with Crippen LogP contribution in [0.3, 0.4) is 0 Å². The van der Waals surface area contributed by atoms with E-state index in [2.05, 4.69) is 0 Å². The Labute approximate surface area is 91.1 Å². The van der Waals surface area contributed by atoms with Gasteiger partial charge in [-0.1, -0.05) is 24.3 Å². The van der Waals surface area contributed by atoms with Gasteiger partial charge in [0.25, 0.3) is 0 Å². The van der Waals surface area contributed by atoms with Crippen molar-refractivity contribution >= 4 is 11.9 Å². The van der Waals surface area contributed by atoms with Crippen molar-refractivity contribution in [3.63, 3.8) is 0 Å². The summed E-state index contributed by atoms with van der Waals surface area (Å²) in [6.45, 7) is 0. The van der Waals surface area contributed by atoms with Crippen LogP contribution in [0, 0.1) is 0 Å². The van der Waals surface area contributed by atoms with E-state index < -0.39 is 11.9 Å². The fraction of sp³-hybridized carbons (Fsp3) is 0. The van der Waals surface area contributed by atoms with Gasteiger partial charge in [0.2, 0.25) is 0 Å².